The van der Waals surface area contributed by atoms with E-state index in [1.807, 2.05) is 19.9 Å². The lowest BCUT2D eigenvalue weighted by molar-refractivity contribution is 0.606. The van der Waals surface area contributed by atoms with E-state index in [4.69, 9.17) is 0 Å². The Bertz CT molecular complexity index is 573. The summed E-state index contributed by atoms with van der Waals surface area (Å²) in [5.74, 6) is -0.557. The third-order valence-electron chi connectivity index (χ3n) is 3.24. The van der Waals surface area contributed by atoms with E-state index in [-0.39, 0.29) is 17.7 Å². The molecule has 1 atom stereocenters. The molecule has 2 rings (SSSR count). The van der Waals surface area contributed by atoms with Crippen LogP contribution < -0.4 is 5.32 Å². The minimum atomic E-state index is -0.283. The van der Waals surface area contributed by atoms with Crippen molar-refractivity contribution in [3.05, 3.63) is 70.3 Å². The SMILES string of the molecule is CNC(c1cc(C)cc(F)c1)c1cc(F)ccc1C. The van der Waals surface area contributed by atoms with Gasteiger partial charge in [-0.3, -0.25) is 0 Å². The Morgan fingerprint density at radius 3 is 2.32 bits per heavy atom. The third-order valence-corrected chi connectivity index (χ3v) is 3.24. The first-order valence-corrected chi connectivity index (χ1v) is 6.21. The topological polar surface area (TPSA) is 12.0 Å². The largest absolute Gasteiger partial charge is 0.309 e. The van der Waals surface area contributed by atoms with E-state index in [0.29, 0.717) is 0 Å². The van der Waals surface area contributed by atoms with Crippen LogP contribution in [0.2, 0.25) is 0 Å². The van der Waals surface area contributed by atoms with E-state index in [1.165, 1.54) is 24.3 Å². The predicted octanol–water partition coefficient (Wildman–Crippen LogP) is 3.89. The maximum atomic E-state index is 13.5. The number of rotatable bonds is 3. The Morgan fingerprint density at radius 2 is 1.68 bits per heavy atom. The van der Waals surface area contributed by atoms with E-state index in [0.717, 1.165) is 22.3 Å². The summed E-state index contributed by atoms with van der Waals surface area (Å²) in [4.78, 5) is 0. The zero-order valence-electron chi connectivity index (χ0n) is 11.3. The monoisotopic (exact) mass is 261 g/mol. The number of aryl methyl sites for hydroxylation is 2. The molecule has 1 nitrogen and oxygen atoms in total. The molecule has 3 heteroatoms. The van der Waals surface area contributed by atoms with Crippen LogP contribution in [0.5, 0.6) is 0 Å². The van der Waals surface area contributed by atoms with Crippen molar-refractivity contribution in [3.63, 3.8) is 0 Å². The summed E-state index contributed by atoms with van der Waals surface area (Å²) in [6.45, 7) is 3.77. The molecule has 0 spiro atoms. The average molecular weight is 261 g/mol. The Balaban J connectivity index is 2.52. The molecule has 100 valence electrons. The molecule has 0 aliphatic rings. The molecule has 0 amide bonds. The van der Waals surface area contributed by atoms with Crippen LogP contribution in [0.3, 0.4) is 0 Å². The van der Waals surface area contributed by atoms with Crippen LogP contribution in [0.1, 0.15) is 28.3 Å². The van der Waals surface area contributed by atoms with E-state index in [1.54, 1.807) is 13.1 Å². The first-order chi connectivity index (χ1) is 9.01. The first kappa shape index (κ1) is 13.7. The average Bonchev–Trinajstić information content (AvgIpc) is 2.33. The molecule has 0 saturated carbocycles. The molecular weight excluding hydrogens is 244 g/mol. The van der Waals surface area contributed by atoms with Crippen LogP contribution >= 0.6 is 0 Å². The van der Waals surface area contributed by atoms with Crippen molar-refractivity contribution in [3.8, 4) is 0 Å². The lowest BCUT2D eigenvalue weighted by Gasteiger charge is -2.20. The summed E-state index contributed by atoms with van der Waals surface area (Å²) in [5, 5.41) is 3.12. The van der Waals surface area contributed by atoms with Crippen molar-refractivity contribution in [1.29, 1.82) is 0 Å². The molecule has 2 aromatic rings. The molecule has 0 saturated heterocycles. The van der Waals surface area contributed by atoms with Crippen molar-refractivity contribution in [2.45, 2.75) is 19.9 Å². The molecule has 0 heterocycles. The number of halogens is 2. The Kier molecular flexibility index (Phi) is 3.96. The second-order valence-electron chi connectivity index (χ2n) is 4.78. The van der Waals surface area contributed by atoms with Gasteiger partial charge in [-0.1, -0.05) is 12.1 Å². The van der Waals surface area contributed by atoms with Crippen LogP contribution in [0.15, 0.2) is 36.4 Å². The zero-order chi connectivity index (χ0) is 14.0. The van der Waals surface area contributed by atoms with Gasteiger partial charge < -0.3 is 5.32 Å². The molecule has 0 aliphatic carbocycles. The highest BCUT2D eigenvalue weighted by Crippen LogP contribution is 2.26. The number of benzene rings is 2. The van der Waals surface area contributed by atoms with Gasteiger partial charge in [-0.25, -0.2) is 8.78 Å². The minimum absolute atomic E-state index is 0.218. The van der Waals surface area contributed by atoms with Gasteiger partial charge in [0, 0.05) is 0 Å². The fourth-order valence-corrected chi connectivity index (χ4v) is 2.36. The Hall–Kier alpha value is -1.74. The van der Waals surface area contributed by atoms with Gasteiger partial charge in [-0.15, -0.1) is 0 Å². The molecule has 1 unspecified atom stereocenters. The van der Waals surface area contributed by atoms with Crippen LogP contribution in [0, 0.1) is 25.5 Å². The second-order valence-corrected chi connectivity index (χ2v) is 4.78. The summed E-state index contributed by atoms with van der Waals surface area (Å²) >= 11 is 0. The molecular formula is C16H17F2N. The Morgan fingerprint density at radius 1 is 0.947 bits per heavy atom. The maximum Gasteiger partial charge on any atom is 0.123 e. The smallest absolute Gasteiger partial charge is 0.123 e. The molecule has 0 radical (unpaired) electrons. The molecule has 0 bridgehead atoms. The van der Waals surface area contributed by atoms with Gasteiger partial charge in [-0.2, -0.15) is 0 Å². The summed E-state index contributed by atoms with van der Waals surface area (Å²) in [5.41, 5.74) is 3.45. The third kappa shape index (κ3) is 2.99. The fourth-order valence-electron chi connectivity index (χ4n) is 2.36. The molecule has 1 N–H and O–H groups in total. The molecule has 0 aliphatic heterocycles. The molecule has 0 fully saturated rings. The van der Waals surface area contributed by atoms with Gasteiger partial charge in [0.25, 0.3) is 0 Å². The highest BCUT2D eigenvalue weighted by molar-refractivity contribution is 5.38. The quantitative estimate of drug-likeness (QED) is 0.883. The van der Waals surface area contributed by atoms with Gasteiger partial charge in [0.1, 0.15) is 11.6 Å². The maximum absolute atomic E-state index is 13.5. The minimum Gasteiger partial charge on any atom is -0.309 e. The molecule has 19 heavy (non-hydrogen) atoms. The van der Waals surface area contributed by atoms with Crippen LogP contribution in [0.25, 0.3) is 0 Å². The number of nitrogens with one attached hydrogen (secondary N) is 1. The second kappa shape index (κ2) is 5.49. The lowest BCUT2D eigenvalue weighted by Crippen LogP contribution is -2.19. The van der Waals surface area contributed by atoms with Gasteiger partial charge in [0.05, 0.1) is 6.04 Å². The normalized spacial score (nSPS) is 12.5. The van der Waals surface area contributed by atoms with Crippen molar-refractivity contribution in [2.75, 3.05) is 7.05 Å². The predicted molar refractivity (Wildman–Crippen MR) is 73.2 cm³/mol. The van der Waals surface area contributed by atoms with Gasteiger partial charge in [0.2, 0.25) is 0 Å². The number of hydrogen-bond donors (Lipinski definition) is 1. The number of hydrogen-bond acceptors (Lipinski definition) is 1. The van der Waals surface area contributed by atoms with E-state index < -0.39 is 0 Å². The van der Waals surface area contributed by atoms with Crippen LogP contribution in [0.4, 0.5) is 8.78 Å². The van der Waals surface area contributed by atoms with Crippen molar-refractivity contribution in [2.24, 2.45) is 0 Å². The lowest BCUT2D eigenvalue weighted by atomic mass is 9.94. The summed E-state index contributed by atoms with van der Waals surface area (Å²) < 4.78 is 26.9. The summed E-state index contributed by atoms with van der Waals surface area (Å²) in [6, 6.07) is 9.33. The van der Waals surface area contributed by atoms with Crippen molar-refractivity contribution >= 4 is 0 Å². The highest BCUT2D eigenvalue weighted by Gasteiger charge is 2.16. The first-order valence-electron chi connectivity index (χ1n) is 6.21. The summed E-state index contributed by atoms with van der Waals surface area (Å²) in [7, 11) is 1.79. The Labute approximate surface area is 112 Å². The van der Waals surface area contributed by atoms with E-state index in [2.05, 4.69) is 5.32 Å². The fraction of sp³-hybridized carbons (Fsp3) is 0.250. The van der Waals surface area contributed by atoms with Crippen molar-refractivity contribution < 1.29 is 8.78 Å². The van der Waals surface area contributed by atoms with Gasteiger partial charge >= 0.3 is 0 Å². The molecule has 2 aromatic carbocycles. The van der Waals surface area contributed by atoms with E-state index >= 15 is 0 Å². The van der Waals surface area contributed by atoms with Gasteiger partial charge in [-0.05, 0) is 67.4 Å². The van der Waals surface area contributed by atoms with Crippen molar-refractivity contribution in [1.82, 2.24) is 5.32 Å². The standard InChI is InChI=1S/C16H17F2N/c1-10-6-12(8-14(18)7-10)16(19-3)15-9-13(17)5-4-11(15)2/h4-9,16,19H,1-3H3. The van der Waals surface area contributed by atoms with Crippen LogP contribution in [-0.2, 0) is 0 Å². The highest BCUT2D eigenvalue weighted by atomic mass is 19.1. The van der Waals surface area contributed by atoms with Gasteiger partial charge in [0.15, 0.2) is 0 Å². The van der Waals surface area contributed by atoms with Crippen LogP contribution in [-0.4, -0.2) is 7.05 Å². The van der Waals surface area contributed by atoms with E-state index in [9.17, 15) is 8.78 Å². The molecule has 0 aromatic heterocycles. The summed E-state index contributed by atoms with van der Waals surface area (Å²) in [6.07, 6.45) is 0. The zero-order valence-corrected chi connectivity index (χ0v) is 11.3.